The molecule has 7 aromatic carbocycles. The van der Waals surface area contributed by atoms with Gasteiger partial charge in [-0.2, -0.15) is 0 Å². The summed E-state index contributed by atoms with van der Waals surface area (Å²) in [6.45, 7) is 2.29. The van der Waals surface area contributed by atoms with Crippen molar-refractivity contribution in [2.24, 2.45) is 5.92 Å². The van der Waals surface area contributed by atoms with Crippen LogP contribution in [0.25, 0.3) is 105 Å². The Morgan fingerprint density at radius 2 is 1.31 bits per heavy atom. The summed E-state index contributed by atoms with van der Waals surface area (Å²) < 4.78 is 15.3. The number of fused-ring (bicyclic) bond motifs is 6. The Balaban J connectivity index is 1.16. The molecule has 58 heavy (non-hydrogen) atoms. The minimum absolute atomic E-state index is 0.506. The van der Waals surface area contributed by atoms with Gasteiger partial charge in [-0.05, 0) is 99.0 Å². The van der Waals surface area contributed by atoms with E-state index in [9.17, 15) is 0 Å². The molecule has 4 aromatic heterocycles. The fourth-order valence-corrected chi connectivity index (χ4v) is 9.69. The highest BCUT2D eigenvalue weighted by Crippen LogP contribution is 2.51. The summed E-state index contributed by atoms with van der Waals surface area (Å²) in [5.41, 5.74) is 15.0. The van der Waals surface area contributed by atoms with Gasteiger partial charge < -0.3 is 8.83 Å². The molecular weight excluding hydrogens is 711 g/mol. The van der Waals surface area contributed by atoms with Crippen LogP contribution in [0.15, 0.2) is 178 Å². The van der Waals surface area contributed by atoms with Crippen LogP contribution in [0, 0.1) is 5.92 Å². The molecule has 0 fully saturated rings. The fourth-order valence-electron chi connectivity index (χ4n) is 9.69. The van der Waals surface area contributed by atoms with Crippen LogP contribution in [0.3, 0.4) is 0 Å². The Hall–Kier alpha value is -7.50. The fraction of sp³-hybridized carbons (Fsp3) is 0.0566. The third-order valence-electron chi connectivity index (χ3n) is 12.3. The number of para-hydroxylation sites is 2. The molecule has 5 nitrogen and oxygen atoms in total. The summed E-state index contributed by atoms with van der Waals surface area (Å²) in [6.07, 6.45) is 8.13. The second-order valence-corrected chi connectivity index (χ2v) is 15.7. The van der Waals surface area contributed by atoms with Gasteiger partial charge in [0.1, 0.15) is 28.0 Å². The molecule has 0 spiro atoms. The van der Waals surface area contributed by atoms with Crippen molar-refractivity contribution in [2.45, 2.75) is 13.3 Å². The molecular formula is C53H33N3O2. The zero-order valence-electron chi connectivity index (χ0n) is 31.5. The van der Waals surface area contributed by atoms with Crippen LogP contribution >= 0.6 is 0 Å². The number of furan rings is 2. The molecule has 5 heteroatoms. The van der Waals surface area contributed by atoms with Crippen LogP contribution in [0.1, 0.15) is 30.0 Å². The molecule has 0 saturated carbocycles. The number of benzene rings is 7. The van der Waals surface area contributed by atoms with E-state index in [1.165, 1.54) is 55.0 Å². The lowest BCUT2D eigenvalue weighted by atomic mass is 9.82. The highest BCUT2D eigenvalue weighted by Gasteiger charge is 2.30. The molecule has 11 aromatic rings. The normalized spacial score (nSPS) is 15.4. The van der Waals surface area contributed by atoms with Crippen LogP contribution in [-0.4, -0.2) is 14.5 Å². The van der Waals surface area contributed by atoms with E-state index in [0.717, 1.165) is 67.1 Å². The highest BCUT2D eigenvalue weighted by molar-refractivity contribution is 6.31. The van der Waals surface area contributed by atoms with Gasteiger partial charge in [0.2, 0.25) is 5.95 Å². The maximum absolute atomic E-state index is 6.62. The zero-order valence-corrected chi connectivity index (χ0v) is 31.5. The van der Waals surface area contributed by atoms with E-state index in [0.29, 0.717) is 17.4 Å². The standard InChI is InChI=1S/C53H33N3O2/c1-30-21-23-33(24-22-30)46-38-16-9-13-32-26-28-41-49(47(32)38)48-39(45(46)31-11-3-2-4-12-31)17-10-18-40(48)56(41)53-54-50(52-51(55-53)37-15-6-8-20-43(37)58-52)34-25-27-36-35-14-5-7-19-42(35)57-44(36)29-34/h2-21,23-30H,22H2,1H3. The Kier molecular flexibility index (Phi) is 6.42. The van der Waals surface area contributed by atoms with Gasteiger partial charge >= 0.3 is 0 Å². The maximum Gasteiger partial charge on any atom is 0.236 e. The molecule has 0 bridgehead atoms. The summed E-state index contributed by atoms with van der Waals surface area (Å²) in [6, 6.07) is 51.5. The van der Waals surface area contributed by atoms with Crippen molar-refractivity contribution in [3.8, 4) is 17.2 Å². The molecule has 272 valence electrons. The van der Waals surface area contributed by atoms with Gasteiger partial charge in [0.05, 0.1) is 11.0 Å². The summed E-state index contributed by atoms with van der Waals surface area (Å²) in [4.78, 5) is 10.9. The van der Waals surface area contributed by atoms with E-state index in [4.69, 9.17) is 18.8 Å². The summed E-state index contributed by atoms with van der Waals surface area (Å²) in [7, 11) is 0. The first-order valence-corrected chi connectivity index (χ1v) is 20.0. The third-order valence-corrected chi connectivity index (χ3v) is 12.3. The second-order valence-electron chi connectivity index (χ2n) is 15.7. The Bertz CT molecular complexity index is 3670. The number of nitrogens with zero attached hydrogens (tertiary/aromatic N) is 3. The van der Waals surface area contributed by atoms with Crippen molar-refractivity contribution in [3.05, 3.63) is 186 Å². The SMILES string of the molecule is CC1C=CC(C2=C(c3ccccc3)c3cccc4c3c3c5c2cccc5ccc3n4-c2nc(-c3ccc4c(c3)oc3ccccc34)c3oc4ccccc4c3n2)=CC1. The number of hydrogen-bond donors (Lipinski definition) is 0. The van der Waals surface area contributed by atoms with Gasteiger partial charge in [-0.3, -0.25) is 4.57 Å². The van der Waals surface area contributed by atoms with Crippen molar-refractivity contribution in [1.29, 1.82) is 0 Å². The molecule has 0 aliphatic heterocycles. The summed E-state index contributed by atoms with van der Waals surface area (Å²) >= 11 is 0. The molecule has 0 N–H and O–H groups in total. The van der Waals surface area contributed by atoms with Crippen molar-refractivity contribution >= 4 is 87.7 Å². The maximum atomic E-state index is 6.62. The second kappa shape index (κ2) is 11.8. The highest BCUT2D eigenvalue weighted by atomic mass is 16.3. The lowest BCUT2D eigenvalue weighted by molar-refractivity contribution is 0.666. The van der Waals surface area contributed by atoms with Gasteiger partial charge in [-0.25, -0.2) is 9.97 Å². The number of hydrogen-bond acceptors (Lipinski definition) is 4. The molecule has 2 aliphatic rings. The van der Waals surface area contributed by atoms with Gasteiger partial charge in [0, 0.05) is 32.5 Å². The van der Waals surface area contributed by atoms with Crippen LogP contribution in [-0.2, 0) is 0 Å². The van der Waals surface area contributed by atoms with Crippen LogP contribution in [0.2, 0.25) is 0 Å². The lowest BCUT2D eigenvalue weighted by Crippen LogP contribution is -2.04. The van der Waals surface area contributed by atoms with Crippen LogP contribution in [0.5, 0.6) is 0 Å². The first-order valence-electron chi connectivity index (χ1n) is 20.0. The molecule has 1 atom stereocenters. The van der Waals surface area contributed by atoms with E-state index in [1.807, 2.05) is 36.4 Å². The Morgan fingerprint density at radius 3 is 2.16 bits per heavy atom. The number of rotatable bonds is 4. The zero-order chi connectivity index (χ0) is 38.1. The molecule has 0 amide bonds. The minimum atomic E-state index is 0.506. The molecule has 0 radical (unpaired) electrons. The van der Waals surface area contributed by atoms with E-state index in [-0.39, 0.29) is 0 Å². The third kappa shape index (κ3) is 4.36. The first kappa shape index (κ1) is 31.7. The molecule has 0 saturated heterocycles. The molecule has 4 heterocycles. The van der Waals surface area contributed by atoms with Crippen LogP contribution < -0.4 is 0 Å². The van der Waals surface area contributed by atoms with E-state index < -0.39 is 0 Å². The van der Waals surface area contributed by atoms with Gasteiger partial charge in [-0.1, -0.05) is 128 Å². The van der Waals surface area contributed by atoms with Crippen molar-refractivity contribution in [3.63, 3.8) is 0 Å². The topological polar surface area (TPSA) is 57.0 Å². The Labute approximate surface area is 332 Å². The lowest BCUT2D eigenvalue weighted by Gasteiger charge is -2.21. The smallest absolute Gasteiger partial charge is 0.236 e. The quantitative estimate of drug-likeness (QED) is 0.180. The number of aromatic nitrogens is 3. The van der Waals surface area contributed by atoms with E-state index >= 15 is 0 Å². The largest absolute Gasteiger partial charge is 0.456 e. The monoisotopic (exact) mass is 743 g/mol. The summed E-state index contributed by atoms with van der Waals surface area (Å²) in [5.74, 6) is 1.09. The van der Waals surface area contributed by atoms with Gasteiger partial charge in [-0.15, -0.1) is 0 Å². The average Bonchev–Trinajstić information content (AvgIpc) is 3.92. The predicted octanol–water partition coefficient (Wildman–Crippen LogP) is 14.0. The van der Waals surface area contributed by atoms with Gasteiger partial charge in [0.25, 0.3) is 0 Å². The molecule has 2 aliphatic carbocycles. The minimum Gasteiger partial charge on any atom is -0.456 e. The van der Waals surface area contributed by atoms with E-state index in [1.54, 1.807) is 0 Å². The van der Waals surface area contributed by atoms with Crippen LogP contribution in [0.4, 0.5) is 0 Å². The van der Waals surface area contributed by atoms with Crippen molar-refractivity contribution < 1.29 is 8.83 Å². The first-order chi connectivity index (χ1) is 28.7. The van der Waals surface area contributed by atoms with Crippen molar-refractivity contribution in [2.75, 3.05) is 0 Å². The molecule has 1 unspecified atom stereocenters. The van der Waals surface area contributed by atoms with Gasteiger partial charge in [0.15, 0.2) is 5.58 Å². The van der Waals surface area contributed by atoms with E-state index in [2.05, 4.69) is 139 Å². The van der Waals surface area contributed by atoms with Crippen molar-refractivity contribution in [1.82, 2.24) is 14.5 Å². The Morgan fingerprint density at radius 1 is 0.569 bits per heavy atom. The summed E-state index contributed by atoms with van der Waals surface area (Å²) in [5, 5.41) is 7.97. The predicted molar refractivity (Wildman–Crippen MR) is 237 cm³/mol. The average molecular weight is 744 g/mol. The number of allylic oxidation sites excluding steroid dienone is 5. The molecule has 13 rings (SSSR count).